The molecule has 0 spiro atoms. The molecule has 0 aliphatic rings. The van der Waals surface area contributed by atoms with Crippen molar-refractivity contribution in [2.24, 2.45) is 0 Å². The third-order valence-corrected chi connectivity index (χ3v) is 2.74. The van der Waals surface area contributed by atoms with Gasteiger partial charge in [0.1, 0.15) is 5.82 Å². The average molecular weight is 271 g/mol. The molecule has 2 rings (SSSR count). The molecule has 0 heterocycles. The van der Waals surface area contributed by atoms with Crippen LogP contribution in [0.15, 0.2) is 36.4 Å². The van der Waals surface area contributed by atoms with Gasteiger partial charge in [-0.05, 0) is 36.4 Å². The fourth-order valence-corrected chi connectivity index (χ4v) is 1.76. The van der Waals surface area contributed by atoms with E-state index in [2.05, 4.69) is 5.32 Å². The third-order valence-electron chi connectivity index (χ3n) is 2.19. The predicted molar refractivity (Wildman–Crippen MR) is 70.6 cm³/mol. The molecule has 0 saturated carbocycles. The first-order chi connectivity index (χ1) is 8.06. The standard InChI is InChI=1S/C12H9Cl2FN2/c13-7-1-3-12(10(15)5-7)17-11-4-2-8(16)6-9(11)14/h1-6,17H,16H2. The molecular weight excluding hydrogens is 262 g/mol. The molecule has 3 N–H and O–H groups in total. The Kier molecular flexibility index (Phi) is 3.41. The van der Waals surface area contributed by atoms with Crippen molar-refractivity contribution in [1.29, 1.82) is 0 Å². The Bertz CT molecular complexity index is 509. The topological polar surface area (TPSA) is 38.0 Å². The van der Waals surface area contributed by atoms with E-state index < -0.39 is 5.82 Å². The highest BCUT2D eigenvalue weighted by molar-refractivity contribution is 6.33. The lowest BCUT2D eigenvalue weighted by Gasteiger charge is -2.10. The third kappa shape index (κ3) is 2.81. The van der Waals surface area contributed by atoms with Crippen molar-refractivity contribution >= 4 is 40.3 Å². The van der Waals surface area contributed by atoms with Crippen molar-refractivity contribution in [1.82, 2.24) is 0 Å². The zero-order valence-electron chi connectivity index (χ0n) is 8.68. The van der Waals surface area contributed by atoms with E-state index in [1.807, 2.05) is 0 Å². The second-order valence-corrected chi connectivity index (χ2v) is 4.33. The number of nitrogens with one attached hydrogen (secondary N) is 1. The van der Waals surface area contributed by atoms with Crippen molar-refractivity contribution in [2.45, 2.75) is 0 Å². The Labute approximate surface area is 108 Å². The Balaban J connectivity index is 2.31. The number of anilines is 3. The molecule has 0 bridgehead atoms. The summed E-state index contributed by atoms with van der Waals surface area (Å²) >= 11 is 11.6. The molecule has 0 atom stereocenters. The maximum Gasteiger partial charge on any atom is 0.148 e. The van der Waals surface area contributed by atoms with Gasteiger partial charge in [-0.3, -0.25) is 0 Å². The van der Waals surface area contributed by atoms with Gasteiger partial charge in [0, 0.05) is 10.7 Å². The monoisotopic (exact) mass is 270 g/mol. The summed E-state index contributed by atoms with van der Waals surface area (Å²) in [7, 11) is 0. The molecule has 0 unspecified atom stereocenters. The summed E-state index contributed by atoms with van der Waals surface area (Å²) in [6.45, 7) is 0. The summed E-state index contributed by atoms with van der Waals surface area (Å²) in [5.41, 5.74) is 7.01. The van der Waals surface area contributed by atoms with E-state index in [0.717, 1.165) is 0 Å². The highest BCUT2D eigenvalue weighted by Crippen LogP contribution is 2.29. The number of benzene rings is 2. The van der Waals surface area contributed by atoms with Crippen LogP contribution in [0, 0.1) is 5.82 Å². The fourth-order valence-electron chi connectivity index (χ4n) is 1.37. The molecule has 0 aromatic heterocycles. The van der Waals surface area contributed by atoms with Crippen LogP contribution >= 0.6 is 23.2 Å². The van der Waals surface area contributed by atoms with Gasteiger partial charge in [0.05, 0.1) is 16.4 Å². The summed E-state index contributed by atoms with van der Waals surface area (Å²) in [5, 5.41) is 3.65. The molecule has 0 amide bonds. The molecule has 2 aromatic carbocycles. The maximum atomic E-state index is 13.5. The highest BCUT2D eigenvalue weighted by Gasteiger charge is 2.06. The van der Waals surface area contributed by atoms with Gasteiger partial charge >= 0.3 is 0 Å². The smallest absolute Gasteiger partial charge is 0.148 e. The first kappa shape index (κ1) is 12.0. The predicted octanol–water partition coefficient (Wildman–Crippen LogP) is 4.46. The van der Waals surface area contributed by atoms with Gasteiger partial charge in [0.25, 0.3) is 0 Å². The number of nitrogens with two attached hydrogens (primary N) is 1. The number of hydrogen-bond donors (Lipinski definition) is 2. The first-order valence-electron chi connectivity index (χ1n) is 4.83. The summed E-state index contributed by atoms with van der Waals surface area (Å²) in [5.74, 6) is -0.439. The lowest BCUT2D eigenvalue weighted by molar-refractivity contribution is 0.632. The van der Waals surface area contributed by atoms with Crippen LogP contribution < -0.4 is 11.1 Å². The van der Waals surface area contributed by atoms with Gasteiger partial charge in [-0.15, -0.1) is 0 Å². The Morgan fingerprint density at radius 3 is 2.35 bits per heavy atom. The molecule has 0 aliphatic heterocycles. The van der Waals surface area contributed by atoms with Crippen LogP contribution in [0.2, 0.25) is 10.0 Å². The minimum atomic E-state index is -0.439. The minimum absolute atomic E-state index is 0.307. The van der Waals surface area contributed by atoms with E-state index in [1.165, 1.54) is 6.07 Å². The van der Waals surface area contributed by atoms with Crippen LogP contribution in [0.1, 0.15) is 0 Å². The van der Waals surface area contributed by atoms with Crippen LogP contribution in [0.3, 0.4) is 0 Å². The quantitative estimate of drug-likeness (QED) is 0.791. The normalized spacial score (nSPS) is 10.3. The lowest BCUT2D eigenvalue weighted by atomic mass is 10.2. The van der Waals surface area contributed by atoms with Gasteiger partial charge in [-0.2, -0.15) is 0 Å². The van der Waals surface area contributed by atoms with E-state index in [0.29, 0.717) is 27.1 Å². The molecule has 2 aromatic rings. The van der Waals surface area contributed by atoms with Crippen molar-refractivity contribution in [3.8, 4) is 0 Å². The van der Waals surface area contributed by atoms with Crippen LogP contribution in [0.4, 0.5) is 21.5 Å². The summed E-state index contributed by atoms with van der Waals surface area (Å²) in [6.07, 6.45) is 0. The summed E-state index contributed by atoms with van der Waals surface area (Å²) in [6, 6.07) is 9.34. The molecule has 88 valence electrons. The van der Waals surface area contributed by atoms with Crippen molar-refractivity contribution in [2.75, 3.05) is 11.1 Å². The average Bonchev–Trinajstić information content (AvgIpc) is 2.25. The van der Waals surface area contributed by atoms with Crippen LogP contribution in [-0.2, 0) is 0 Å². The van der Waals surface area contributed by atoms with Gasteiger partial charge in [-0.1, -0.05) is 23.2 Å². The van der Waals surface area contributed by atoms with Crippen molar-refractivity contribution in [3.63, 3.8) is 0 Å². The second kappa shape index (κ2) is 4.82. The number of nitrogen functional groups attached to an aromatic ring is 1. The maximum absolute atomic E-state index is 13.5. The molecule has 0 fully saturated rings. The highest BCUT2D eigenvalue weighted by atomic mass is 35.5. The first-order valence-corrected chi connectivity index (χ1v) is 5.59. The molecule has 0 aliphatic carbocycles. The Morgan fingerprint density at radius 2 is 1.71 bits per heavy atom. The molecule has 0 radical (unpaired) electrons. The lowest BCUT2D eigenvalue weighted by Crippen LogP contribution is -1.95. The Morgan fingerprint density at radius 1 is 1.00 bits per heavy atom. The zero-order chi connectivity index (χ0) is 12.4. The van der Waals surface area contributed by atoms with Crippen molar-refractivity contribution in [3.05, 3.63) is 52.3 Å². The largest absolute Gasteiger partial charge is 0.399 e. The zero-order valence-corrected chi connectivity index (χ0v) is 10.2. The molecule has 5 heteroatoms. The molecule has 2 nitrogen and oxygen atoms in total. The van der Waals surface area contributed by atoms with Crippen molar-refractivity contribution < 1.29 is 4.39 Å². The number of halogens is 3. The van der Waals surface area contributed by atoms with E-state index in [9.17, 15) is 4.39 Å². The fraction of sp³-hybridized carbons (Fsp3) is 0. The second-order valence-electron chi connectivity index (χ2n) is 3.49. The van der Waals surface area contributed by atoms with Crippen LogP contribution in [0.25, 0.3) is 0 Å². The number of hydrogen-bond acceptors (Lipinski definition) is 2. The molecule has 17 heavy (non-hydrogen) atoms. The van der Waals surface area contributed by atoms with Gasteiger partial charge < -0.3 is 11.1 Å². The van der Waals surface area contributed by atoms with Gasteiger partial charge in [0.15, 0.2) is 0 Å². The van der Waals surface area contributed by atoms with E-state index >= 15 is 0 Å². The molecule has 0 saturated heterocycles. The SMILES string of the molecule is Nc1ccc(Nc2ccc(Cl)cc2F)c(Cl)c1. The Hall–Kier alpha value is -1.45. The van der Waals surface area contributed by atoms with E-state index in [4.69, 9.17) is 28.9 Å². The van der Waals surface area contributed by atoms with E-state index in [1.54, 1.807) is 30.3 Å². The van der Waals surface area contributed by atoms with E-state index in [-0.39, 0.29) is 0 Å². The summed E-state index contributed by atoms with van der Waals surface area (Å²) < 4.78 is 13.5. The van der Waals surface area contributed by atoms with Gasteiger partial charge in [-0.25, -0.2) is 4.39 Å². The summed E-state index contributed by atoms with van der Waals surface area (Å²) in [4.78, 5) is 0. The number of rotatable bonds is 2. The van der Waals surface area contributed by atoms with Crippen LogP contribution in [0.5, 0.6) is 0 Å². The van der Waals surface area contributed by atoms with Crippen LogP contribution in [-0.4, -0.2) is 0 Å². The molecular formula is C12H9Cl2FN2. The minimum Gasteiger partial charge on any atom is -0.399 e. The van der Waals surface area contributed by atoms with Gasteiger partial charge in [0.2, 0.25) is 0 Å².